The normalized spacial score (nSPS) is 11.8. The molecular weight excluding hydrogens is 470 g/mol. The second-order valence-corrected chi connectivity index (χ2v) is 10.7. The molecule has 7 heteroatoms. The highest BCUT2D eigenvalue weighted by atomic mass is 16.4. The van der Waals surface area contributed by atoms with Crippen molar-refractivity contribution in [2.75, 3.05) is 26.2 Å². The van der Waals surface area contributed by atoms with E-state index in [9.17, 15) is 14.4 Å². The third-order valence-corrected chi connectivity index (χ3v) is 7.21. The third kappa shape index (κ3) is 24.2. The maximum Gasteiger partial charge on any atom is 0.303 e. The molecule has 7 nitrogen and oxygen atoms in total. The second kappa shape index (κ2) is 24.4. The fourth-order valence-corrected chi connectivity index (χ4v) is 5.06. The summed E-state index contributed by atoms with van der Waals surface area (Å²) >= 11 is 0. The Labute approximate surface area is 225 Å². The maximum absolute atomic E-state index is 11.0. The second-order valence-electron chi connectivity index (χ2n) is 10.7. The molecule has 3 N–H and O–H groups in total. The monoisotopic (exact) mass is 526 g/mol. The fourth-order valence-electron chi connectivity index (χ4n) is 5.06. The van der Waals surface area contributed by atoms with Crippen molar-refractivity contribution >= 4 is 17.9 Å². The number of allylic oxidation sites excluding steroid dienone is 2. The summed E-state index contributed by atoms with van der Waals surface area (Å²) in [6.45, 7) is 5.05. The summed E-state index contributed by atoms with van der Waals surface area (Å²) in [5.74, 6) is -2.50. The Bertz CT molecular complexity index is 569. The van der Waals surface area contributed by atoms with Gasteiger partial charge < -0.3 is 19.8 Å². The number of rotatable bonds is 28. The van der Waals surface area contributed by atoms with E-state index >= 15 is 0 Å². The van der Waals surface area contributed by atoms with E-state index in [0.717, 1.165) is 32.2 Å². The van der Waals surface area contributed by atoms with Crippen molar-refractivity contribution in [3.05, 3.63) is 12.2 Å². The zero-order valence-corrected chi connectivity index (χ0v) is 23.6. The molecule has 0 rings (SSSR count). The van der Waals surface area contributed by atoms with Gasteiger partial charge in [0.05, 0.1) is 45.4 Å². The zero-order chi connectivity index (χ0) is 27.6. The van der Waals surface area contributed by atoms with Crippen molar-refractivity contribution in [2.24, 2.45) is 0 Å². The van der Waals surface area contributed by atoms with Crippen molar-refractivity contribution in [3.63, 3.8) is 0 Å². The first-order chi connectivity index (χ1) is 17.8. The van der Waals surface area contributed by atoms with Crippen LogP contribution in [0, 0.1) is 0 Å². The highest BCUT2D eigenvalue weighted by Crippen LogP contribution is 2.18. The minimum atomic E-state index is -0.832. The largest absolute Gasteiger partial charge is 0.481 e. The van der Waals surface area contributed by atoms with Gasteiger partial charge in [-0.15, -0.1) is 0 Å². The number of hydrogen-bond acceptors (Lipinski definition) is 3. The Morgan fingerprint density at radius 2 is 0.811 bits per heavy atom. The molecule has 0 aromatic heterocycles. The van der Waals surface area contributed by atoms with Gasteiger partial charge in [0.25, 0.3) is 0 Å². The van der Waals surface area contributed by atoms with E-state index < -0.39 is 17.9 Å². The molecule has 0 aromatic carbocycles. The highest BCUT2D eigenvalue weighted by molar-refractivity contribution is 5.67. The molecule has 0 spiro atoms. The van der Waals surface area contributed by atoms with E-state index in [1.807, 2.05) is 0 Å². The van der Waals surface area contributed by atoms with E-state index in [2.05, 4.69) is 19.1 Å². The van der Waals surface area contributed by atoms with E-state index in [-0.39, 0.29) is 19.3 Å². The van der Waals surface area contributed by atoms with Gasteiger partial charge in [-0.05, 0) is 32.1 Å². The Kier molecular flexibility index (Phi) is 23.2. The predicted octanol–water partition coefficient (Wildman–Crippen LogP) is 7.44. The highest BCUT2D eigenvalue weighted by Gasteiger charge is 2.27. The van der Waals surface area contributed by atoms with Crippen molar-refractivity contribution in [3.8, 4) is 0 Å². The number of aliphatic carboxylic acids is 3. The number of hydrogen-bond donors (Lipinski definition) is 3. The lowest BCUT2D eigenvalue weighted by Crippen LogP contribution is -2.51. The zero-order valence-electron chi connectivity index (χ0n) is 23.6. The molecule has 0 heterocycles. The van der Waals surface area contributed by atoms with Gasteiger partial charge in [-0.3, -0.25) is 14.4 Å². The van der Waals surface area contributed by atoms with Crippen LogP contribution in [-0.2, 0) is 14.4 Å². The standard InChI is InChI=1S/C30H55NO6/c1-2-3-4-5-6-7-8-9-10-11-12-13-14-15-16-17-24-31(25-18-21-28(32)33,26-19-22-29(34)35)27-20-23-30(36)37/h13-14H,2-12,15-27H2,1H3,(H2-,32,33,34,35,36,37)/p+1/b14-13+. The Hall–Kier alpha value is -1.89. The van der Waals surface area contributed by atoms with Crippen LogP contribution in [0.25, 0.3) is 0 Å². The van der Waals surface area contributed by atoms with Crippen molar-refractivity contribution in [2.45, 2.75) is 135 Å². The van der Waals surface area contributed by atoms with Crippen LogP contribution in [0.5, 0.6) is 0 Å². The summed E-state index contributed by atoms with van der Waals surface area (Å²) in [5, 5.41) is 27.2. The topological polar surface area (TPSA) is 112 Å². The lowest BCUT2D eigenvalue weighted by molar-refractivity contribution is -0.929. The van der Waals surface area contributed by atoms with Crippen LogP contribution in [0.3, 0.4) is 0 Å². The van der Waals surface area contributed by atoms with Crippen LogP contribution < -0.4 is 0 Å². The van der Waals surface area contributed by atoms with Crippen LogP contribution >= 0.6 is 0 Å². The van der Waals surface area contributed by atoms with Gasteiger partial charge in [0.2, 0.25) is 0 Å². The number of nitrogens with zero attached hydrogens (tertiary/aromatic N) is 1. The summed E-state index contributed by atoms with van der Waals surface area (Å²) in [7, 11) is 0. The van der Waals surface area contributed by atoms with Crippen LogP contribution in [0.4, 0.5) is 0 Å². The van der Waals surface area contributed by atoms with E-state index in [1.165, 1.54) is 64.2 Å². The summed E-state index contributed by atoms with van der Waals surface area (Å²) < 4.78 is 0.621. The molecule has 216 valence electrons. The Morgan fingerprint density at radius 3 is 1.19 bits per heavy atom. The number of carboxylic acid groups (broad SMARTS) is 3. The van der Waals surface area contributed by atoms with Crippen molar-refractivity contribution < 1.29 is 34.2 Å². The lowest BCUT2D eigenvalue weighted by atomic mass is 10.1. The summed E-state index contributed by atoms with van der Waals surface area (Å²) in [6.07, 6.45) is 24.0. The number of unbranched alkanes of at least 4 members (excludes halogenated alkanes) is 12. The fraction of sp³-hybridized carbons (Fsp3) is 0.833. The molecule has 0 aliphatic heterocycles. The van der Waals surface area contributed by atoms with Gasteiger partial charge in [-0.2, -0.15) is 0 Å². The summed E-state index contributed by atoms with van der Waals surface area (Å²) in [4.78, 5) is 33.1. The van der Waals surface area contributed by atoms with Crippen molar-refractivity contribution in [1.82, 2.24) is 0 Å². The van der Waals surface area contributed by atoms with Gasteiger partial charge in [0.15, 0.2) is 0 Å². The predicted molar refractivity (Wildman–Crippen MR) is 150 cm³/mol. The molecule has 0 aromatic rings. The average Bonchev–Trinajstić information content (AvgIpc) is 2.83. The molecule has 0 aliphatic carbocycles. The van der Waals surface area contributed by atoms with E-state index in [4.69, 9.17) is 15.3 Å². The van der Waals surface area contributed by atoms with Crippen LogP contribution in [-0.4, -0.2) is 63.9 Å². The molecule has 0 aliphatic rings. The Balaban J connectivity index is 4.34. The molecule has 0 atom stereocenters. The minimum Gasteiger partial charge on any atom is -0.481 e. The van der Waals surface area contributed by atoms with Gasteiger partial charge in [0.1, 0.15) is 0 Å². The molecule has 0 radical (unpaired) electrons. The van der Waals surface area contributed by atoms with Crippen LogP contribution in [0.1, 0.15) is 135 Å². The minimum absolute atomic E-state index is 0.0829. The molecule has 0 fully saturated rings. The average molecular weight is 527 g/mol. The number of carboxylic acids is 3. The lowest BCUT2D eigenvalue weighted by Gasteiger charge is -2.39. The smallest absolute Gasteiger partial charge is 0.303 e. The first-order valence-corrected chi connectivity index (χ1v) is 15.0. The molecule has 0 saturated heterocycles. The van der Waals surface area contributed by atoms with Gasteiger partial charge in [-0.1, -0.05) is 76.9 Å². The van der Waals surface area contributed by atoms with E-state index in [0.29, 0.717) is 43.4 Å². The van der Waals surface area contributed by atoms with Gasteiger partial charge in [-0.25, -0.2) is 0 Å². The van der Waals surface area contributed by atoms with Gasteiger partial charge >= 0.3 is 17.9 Å². The van der Waals surface area contributed by atoms with Crippen LogP contribution in [0.2, 0.25) is 0 Å². The molecule has 0 bridgehead atoms. The molecule has 37 heavy (non-hydrogen) atoms. The first kappa shape index (κ1) is 35.1. The van der Waals surface area contributed by atoms with E-state index in [1.54, 1.807) is 0 Å². The molecule has 0 unspecified atom stereocenters. The number of quaternary nitrogens is 1. The summed E-state index contributed by atoms with van der Waals surface area (Å²) in [6, 6.07) is 0. The first-order valence-electron chi connectivity index (χ1n) is 15.0. The molecular formula is C30H56NO6+. The summed E-state index contributed by atoms with van der Waals surface area (Å²) in [5.41, 5.74) is 0. The van der Waals surface area contributed by atoms with Crippen molar-refractivity contribution in [1.29, 1.82) is 0 Å². The quantitative estimate of drug-likeness (QED) is 0.0555. The molecule has 0 saturated carbocycles. The number of carbonyl (C=O) groups is 3. The Morgan fingerprint density at radius 1 is 0.486 bits per heavy atom. The molecule has 0 amide bonds. The maximum atomic E-state index is 11.0. The van der Waals surface area contributed by atoms with Gasteiger partial charge in [0, 0.05) is 19.3 Å². The van der Waals surface area contributed by atoms with Crippen LogP contribution in [0.15, 0.2) is 12.2 Å². The third-order valence-electron chi connectivity index (χ3n) is 7.21. The SMILES string of the molecule is CCCCCCCCCCCC/C=C/CCCC[N+](CCCC(=O)O)(CCCC(=O)O)CCCC(=O)O.